The lowest BCUT2D eigenvalue weighted by Gasteiger charge is -2.27. The maximum Gasteiger partial charge on any atom is 0.147 e. The van der Waals surface area contributed by atoms with Gasteiger partial charge in [0.1, 0.15) is 5.82 Å². The zero-order valence-electron chi connectivity index (χ0n) is 12.2. The number of aromatic nitrogens is 1. The van der Waals surface area contributed by atoms with Gasteiger partial charge in [-0.3, -0.25) is 0 Å². The maximum absolute atomic E-state index is 14.2. The Labute approximate surface area is 119 Å². The average Bonchev–Trinajstić information content (AvgIpc) is 2.75. The number of hydrogen-bond acceptors (Lipinski definition) is 2. The number of nitrogens with zero attached hydrogens (tertiary/aromatic N) is 1. The second kappa shape index (κ2) is 5.54. The number of benzene rings is 1. The summed E-state index contributed by atoms with van der Waals surface area (Å²) in [7, 11) is 0. The molecule has 20 heavy (non-hydrogen) atoms. The van der Waals surface area contributed by atoms with Crippen molar-refractivity contribution in [3.63, 3.8) is 0 Å². The van der Waals surface area contributed by atoms with Crippen LogP contribution in [0.3, 0.4) is 0 Å². The highest BCUT2D eigenvalue weighted by molar-refractivity contribution is 5.85. The molecule has 0 spiro atoms. The Morgan fingerprint density at radius 3 is 2.70 bits per heavy atom. The SMILES string of the molecule is Cc1[nH]c2c(F)cc(CCN3CCNCC3)cc2c1C. The van der Waals surface area contributed by atoms with Crippen LogP contribution in [0.2, 0.25) is 0 Å². The molecule has 1 aromatic carbocycles. The number of piperazine rings is 1. The van der Waals surface area contributed by atoms with Gasteiger partial charge in [-0.2, -0.15) is 0 Å². The third-order valence-corrected chi connectivity index (χ3v) is 4.36. The lowest BCUT2D eigenvalue weighted by Crippen LogP contribution is -2.44. The van der Waals surface area contributed by atoms with E-state index in [2.05, 4.69) is 21.3 Å². The summed E-state index contributed by atoms with van der Waals surface area (Å²) in [6.07, 6.45) is 0.913. The molecule has 108 valence electrons. The predicted molar refractivity (Wildman–Crippen MR) is 80.7 cm³/mol. The zero-order chi connectivity index (χ0) is 14.1. The maximum atomic E-state index is 14.2. The van der Waals surface area contributed by atoms with Gasteiger partial charge in [-0.25, -0.2) is 4.39 Å². The third kappa shape index (κ3) is 2.58. The minimum Gasteiger partial charge on any atom is -0.356 e. The number of aromatic amines is 1. The van der Waals surface area contributed by atoms with Crippen LogP contribution in [0.25, 0.3) is 10.9 Å². The molecule has 2 heterocycles. The van der Waals surface area contributed by atoms with Crippen molar-refractivity contribution in [1.29, 1.82) is 0 Å². The first-order valence-corrected chi connectivity index (χ1v) is 7.35. The van der Waals surface area contributed by atoms with Crippen LogP contribution >= 0.6 is 0 Å². The largest absolute Gasteiger partial charge is 0.356 e. The number of halogens is 1. The van der Waals surface area contributed by atoms with Crippen LogP contribution in [0.5, 0.6) is 0 Å². The van der Waals surface area contributed by atoms with Crippen molar-refractivity contribution in [3.8, 4) is 0 Å². The van der Waals surface area contributed by atoms with Crippen LogP contribution < -0.4 is 5.32 Å². The first-order valence-electron chi connectivity index (χ1n) is 7.35. The Morgan fingerprint density at radius 1 is 1.20 bits per heavy atom. The molecule has 0 unspecified atom stereocenters. The molecule has 1 fully saturated rings. The predicted octanol–water partition coefficient (Wildman–Crippen LogP) is 2.37. The molecule has 0 amide bonds. The van der Waals surface area contributed by atoms with Crippen LogP contribution in [0.1, 0.15) is 16.8 Å². The van der Waals surface area contributed by atoms with Crippen LogP contribution in [-0.2, 0) is 6.42 Å². The molecular formula is C16H22FN3. The standard InChI is InChI=1S/C16H22FN3/c1-11-12(2)19-16-14(11)9-13(10-15(16)17)3-6-20-7-4-18-5-8-20/h9-10,18-19H,3-8H2,1-2H3. The zero-order valence-corrected chi connectivity index (χ0v) is 12.2. The second-order valence-corrected chi connectivity index (χ2v) is 5.72. The van der Waals surface area contributed by atoms with Gasteiger partial charge in [-0.15, -0.1) is 0 Å². The monoisotopic (exact) mass is 275 g/mol. The summed E-state index contributed by atoms with van der Waals surface area (Å²) in [6, 6.07) is 3.82. The Morgan fingerprint density at radius 2 is 1.95 bits per heavy atom. The smallest absolute Gasteiger partial charge is 0.147 e. The summed E-state index contributed by atoms with van der Waals surface area (Å²) in [5.41, 5.74) is 3.95. The van der Waals surface area contributed by atoms with Gasteiger partial charge in [0.05, 0.1) is 5.52 Å². The fraction of sp³-hybridized carbons (Fsp3) is 0.500. The van der Waals surface area contributed by atoms with E-state index in [0.717, 1.165) is 61.4 Å². The molecule has 4 heteroatoms. The van der Waals surface area contributed by atoms with E-state index in [4.69, 9.17) is 0 Å². The highest BCUT2D eigenvalue weighted by atomic mass is 19.1. The molecule has 0 radical (unpaired) electrons. The van der Waals surface area contributed by atoms with Gasteiger partial charge in [0.25, 0.3) is 0 Å². The Bertz CT molecular complexity index is 612. The quantitative estimate of drug-likeness (QED) is 0.901. The lowest BCUT2D eigenvalue weighted by atomic mass is 10.1. The number of H-pyrrole nitrogens is 1. The van der Waals surface area contributed by atoms with Gasteiger partial charge >= 0.3 is 0 Å². The van der Waals surface area contributed by atoms with E-state index in [1.807, 2.05) is 13.8 Å². The highest BCUT2D eigenvalue weighted by Gasteiger charge is 2.12. The van der Waals surface area contributed by atoms with E-state index in [9.17, 15) is 4.39 Å². The van der Waals surface area contributed by atoms with E-state index in [-0.39, 0.29) is 5.82 Å². The van der Waals surface area contributed by atoms with Gasteiger partial charge in [-0.05, 0) is 43.5 Å². The topological polar surface area (TPSA) is 31.1 Å². The van der Waals surface area contributed by atoms with E-state index in [1.165, 1.54) is 0 Å². The van der Waals surface area contributed by atoms with Crippen LogP contribution in [0.15, 0.2) is 12.1 Å². The first-order chi connectivity index (χ1) is 9.65. The summed E-state index contributed by atoms with van der Waals surface area (Å²) in [5.74, 6) is -0.131. The fourth-order valence-electron chi connectivity index (χ4n) is 2.94. The van der Waals surface area contributed by atoms with Gasteiger partial charge < -0.3 is 15.2 Å². The molecule has 2 aromatic rings. The van der Waals surface area contributed by atoms with Crippen molar-refractivity contribution in [2.45, 2.75) is 20.3 Å². The molecule has 2 N–H and O–H groups in total. The second-order valence-electron chi connectivity index (χ2n) is 5.72. The molecule has 1 saturated heterocycles. The first kappa shape index (κ1) is 13.6. The van der Waals surface area contributed by atoms with Crippen molar-refractivity contribution < 1.29 is 4.39 Å². The van der Waals surface area contributed by atoms with E-state index in [0.29, 0.717) is 5.52 Å². The molecule has 0 bridgehead atoms. The molecule has 0 atom stereocenters. The molecule has 0 aliphatic carbocycles. The van der Waals surface area contributed by atoms with Crippen LogP contribution in [0.4, 0.5) is 4.39 Å². The number of fused-ring (bicyclic) bond motifs is 1. The summed E-state index contributed by atoms with van der Waals surface area (Å²) in [6.45, 7) is 9.35. The Hall–Kier alpha value is -1.39. The molecule has 1 aliphatic rings. The summed E-state index contributed by atoms with van der Waals surface area (Å²) in [5, 5.41) is 4.38. The fourth-order valence-corrected chi connectivity index (χ4v) is 2.94. The lowest BCUT2D eigenvalue weighted by molar-refractivity contribution is 0.244. The van der Waals surface area contributed by atoms with Gasteiger partial charge in [0.15, 0.2) is 0 Å². The van der Waals surface area contributed by atoms with Gasteiger partial charge in [0.2, 0.25) is 0 Å². The average molecular weight is 275 g/mol. The molecule has 3 rings (SSSR count). The van der Waals surface area contributed by atoms with E-state index >= 15 is 0 Å². The Kier molecular flexibility index (Phi) is 3.76. The number of rotatable bonds is 3. The highest BCUT2D eigenvalue weighted by Crippen LogP contribution is 2.25. The van der Waals surface area contributed by atoms with Crippen molar-refractivity contribution in [1.82, 2.24) is 15.2 Å². The van der Waals surface area contributed by atoms with Gasteiger partial charge in [-0.1, -0.05) is 0 Å². The van der Waals surface area contributed by atoms with Crippen LogP contribution in [-0.4, -0.2) is 42.6 Å². The summed E-state index contributed by atoms with van der Waals surface area (Å²) < 4.78 is 14.2. The molecular weight excluding hydrogens is 253 g/mol. The third-order valence-electron chi connectivity index (χ3n) is 4.36. The Balaban J connectivity index is 1.79. The normalized spacial score (nSPS) is 16.9. The molecule has 0 saturated carbocycles. The van der Waals surface area contributed by atoms with Crippen molar-refractivity contribution >= 4 is 10.9 Å². The van der Waals surface area contributed by atoms with Crippen LogP contribution in [0, 0.1) is 19.7 Å². The summed E-state index contributed by atoms with van der Waals surface area (Å²) >= 11 is 0. The van der Waals surface area contributed by atoms with Crippen molar-refractivity contribution in [3.05, 3.63) is 34.8 Å². The van der Waals surface area contributed by atoms with Gasteiger partial charge in [0, 0.05) is 43.8 Å². The molecule has 1 aromatic heterocycles. The van der Waals surface area contributed by atoms with E-state index in [1.54, 1.807) is 6.07 Å². The molecule has 1 aliphatic heterocycles. The minimum absolute atomic E-state index is 0.131. The number of nitrogens with one attached hydrogen (secondary N) is 2. The number of aryl methyl sites for hydroxylation is 2. The number of hydrogen-bond donors (Lipinski definition) is 2. The van der Waals surface area contributed by atoms with Crippen molar-refractivity contribution in [2.24, 2.45) is 0 Å². The minimum atomic E-state index is -0.131. The molecule has 3 nitrogen and oxygen atoms in total. The summed E-state index contributed by atoms with van der Waals surface area (Å²) in [4.78, 5) is 5.57. The van der Waals surface area contributed by atoms with Crippen molar-refractivity contribution in [2.75, 3.05) is 32.7 Å². The van der Waals surface area contributed by atoms with E-state index < -0.39 is 0 Å².